The van der Waals surface area contributed by atoms with Gasteiger partial charge in [-0.15, -0.1) is 0 Å². The van der Waals surface area contributed by atoms with Crippen LogP contribution in [0.2, 0.25) is 0 Å². The summed E-state index contributed by atoms with van der Waals surface area (Å²) in [6.07, 6.45) is 6.07. The molecule has 1 aliphatic carbocycles. The second kappa shape index (κ2) is 8.33. The summed E-state index contributed by atoms with van der Waals surface area (Å²) < 4.78 is 17.5. The molecule has 1 aliphatic heterocycles. The van der Waals surface area contributed by atoms with E-state index in [2.05, 4.69) is 19.2 Å². The monoisotopic (exact) mass is 388 g/mol. The molecule has 0 unspecified atom stereocenters. The normalized spacial score (nSPS) is 18.7. The van der Waals surface area contributed by atoms with Gasteiger partial charge in [0, 0.05) is 50.1 Å². The first-order chi connectivity index (χ1) is 13.2. The van der Waals surface area contributed by atoms with Gasteiger partial charge < -0.3 is 9.80 Å². The van der Waals surface area contributed by atoms with Gasteiger partial charge >= 0.3 is 0 Å². The SMILES string of the molecule is O=C(C1CCCC1)N1CCCN(c2nc(Cc3ccc(F)cc3)ns2)CC1. The van der Waals surface area contributed by atoms with Crippen LogP contribution in [0.3, 0.4) is 0 Å². The van der Waals surface area contributed by atoms with E-state index in [4.69, 9.17) is 0 Å². The number of benzene rings is 1. The molecule has 4 rings (SSSR count). The fourth-order valence-electron chi connectivity index (χ4n) is 3.99. The van der Waals surface area contributed by atoms with Crippen molar-refractivity contribution in [2.45, 2.75) is 38.5 Å². The Morgan fingerprint density at radius 3 is 2.63 bits per heavy atom. The van der Waals surface area contributed by atoms with Gasteiger partial charge in [0.1, 0.15) is 11.6 Å². The van der Waals surface area contributed by atoms with Gasteiger partial charge in [-0.05, 0) is 37.0 Å². The maximum absolute atomic E-state index is 13.0. The van der Waals surface area contributed by atoms with Crippen LogP contribution in [-0.2, 0) is 11.2 Å². The minimum Gasteiger partial charge on any atom is -0.345 e. The molecule has 1 aromatic heterocycles. The number of hydrogen-bond donors (Lipinski definition) is 0. The van der Waals surface area contributed by atoms with Gasteiger partial charge in [0.05, 0.1) is 0 Å². The molecule has 7 heteroatoms. The zero-order valence-corrected chi connectivity index (χ0v) is 16.3. The first-order valence-electron chi connectivity index (χ1n) is 9.80. The zero-order chi connectivity index (χ0) is 18.6. The number of hydrogen-bond acceptors (Lipinski definition) is 5. The number of aromatic nitrogens is 2. The lowest BCUT2D eigenvalue weighted by atomic mass is 10.1. The molecule has 1 saturated heterocycles. The molecule has 1 saturated carbocycles. The second-order valence-electron chi connectivity index (χ2n) is 7.44. The first kappa shape index (κ1) is 18.3. The number of rotatable bonds is 4. The largest absolute Gasteiger partial charge is 0.345 e. The predicted molar refractivity (Wildman–Crippen MR) is 104 cm³/mol. The summed E-state index contributed by atoms with van der Waals surface area (Å²) in [4.78, 5) is 21.7. The van der Waals surface area contributed by atoms with E-state index in [1.165, 1.54) is 36.5 Å². The van der Waals surface area contributed by atoms with Gasteiger partial charge in [0.25, 0.3) is 0 Å². The predicted octanol–water partition coefficient (Wildman–Crippen LogP) is 3.50. The maximum atomic E-state index is 13.0. The summed E-state index contributed by atoms with van der Waals surface area (Å²) in [5.41, 5.74) is 1.00. The number of amides is 1. The highest BCUT2D eigenvalue weighted by Gasteiger charge is 2.28. The third-order valence-corrected chi connectivity index (χ3v) is 6.33. The maximum Gasteiger partial charge on any atom is 0.225 e. The number of nitrogens with zero attached hydrogens (tertiary/aromatic N) is 4. The van der Waals surface area contributed by atoms with Crippen molar-refractivity contribution >= 4 is 22.6 Å². The summed E-state index contributed by atoms with van der Waals surface area (Å²) in [6.45, 7) is 3.32. The van der Waals surface area contributed by atoms with E-state index in [9.17, 15) is 9.18 Å². The molecule has 1 aromatic carbocycles. The minimum absolute atomic E-state index is 0.230. The average molecular weight is 389 g/mol. The third-order valence-electron chi connectivity index (χ3n) is 5.52. The van der Waals surface area contributed by atoms with Crippen molar-refractivity contribution in [3.8, 4) is 0 Å². The Kier molecular flexibility index (Phi) is 5.66. The molecule has 2 aliphatic rings. The van der Waals surface area contributed by atoms with Crippen LogP contribution in [0, 0.1) is 11.7 Å². The van der Waals surface area contributed by atoms with Crippen LogP contribution in [0.25, 0.3) is 0 Å². The molecule has 0 bridgehead atoms. The summed E-state index contributed by atoms with van der Waals surface area (Å²) >= 11 is 1.41. The second-order valence-corrected chi connectivity index (χ2v) is 8.17. The molecular weight excluding hydrogens is 363 g/mol. The van der Waals surface area contributed by atoms with Crippen molar-refractivity contribution in [2.24, 2.45) is 5.92 Å². The van der Waals surface area contributed by atoms with E-state index in [1.54, 1.807) is 12.1 Å². The van der Waals surface area contributed by atoms with Gasteiger partial charge in [-0.3, -0.25) is 4.79 Å². The fourth-order valence-corrected chi connectivity index (χ4v) is 4.73. The molecule has 27 heavy (non-hydrogen) atoms. The molecule has 144 valence electrons. The molecule has 0 spiro atoms. The number of carbonyl (C=O) groups excluding carboxylic acids is 1. The van der Waals surface area contributed by atoms with Crippen LogP contribution in [0.4, 0.5) is 9.52 Å². The van der Waals surface area contributed by atoms with Crippen molar-refractivity contribution in [1.82, 2.24) is 14.3 Å². The standard InChI is InChI=1S/C20H25FN4OS/c21-17-8-6-15(7-9-17)14-18-22-20(27-23-18)25-11-3-10-24(12-13-25)19(26)16-4-1-2-5-16/h6-9,16H,1-5,10-14H2. The molecule has 2 aromatic rings. The summed E-state index contributed by atoms with van der Waals surface area (Å²) in [7, 11) is 0. The van der Waals surface area contributed by atoms with Gasteiger partial charge in [-0.1, -0.05) is 25.0 Å². The number of halogens is 1. The Morgan fingerprint density at radius 2 is 1.85 bits per heavy atom. The molecule has 5 nitrogen and oxygen atoms in total. The molecule has 0 radical (unpaired) electrons. The van der Waals surface area contributed by atoms with Crippen LogP contribution >= 0.6 is 11.5 Å². The van der Waals surface area contributed by atoms with Gasteiger partial charge in [-0.25, -0.2) is 9.37 Å². The van der Waals surface area contributed by atoms with Gasteiger partial charge in [-0.2, -0.15) is 4.37 Å². The lowest BCUT2D eigenvalue weighted by Crippen LogP contribution is -2.38. The summed E-state index contributed by atoms with van der Waals surface area (Å²) in [5, 5.41) is 0.919. The van der Waals surface area contributed by atoms with Crippen molar-refractivity contribution in [2.75, 3.05) is 31.1 Å². The van der Waals surface area contributed by atoms with Crippen LogP contribution < -0.4 is 4.90 Å². The average Bonchev–Trinajstić information content (AvgIpc) is 3.31. The summed E-state index contributed by atoms with van der Waals surface area (Å²) in [5.74, 6) is 1.14. The quantitative estimate of drug-likeness (QED) is 0.804. The number of carbonyl (C=O) groups is 1. The topological polar surface area (TPSA) is 49.3 Å². The Bertz CT molecular complexity index is 773. The number of anilines is 1. The van der Waals surface area contributed by atoms with E-state index >= 15 is 0 Å². The highest BCUT2D eigenvalue weighted by molar-refractivity contribution is 7.09. The molecule has 2 fully saturated rings. The van der Waals surface area contributed by atoms with Crippen LogP contribution in [0.15, 0.2) is 24.3 Å². The van der Waals surface area contributed by atoms with Crippen molar-refractivity contribution in [1.29, 1.82) is 0 Å². The van der Waals surface area contributed by atoms with Crippen LogP contribution in [0.1, 0.15) is 43.5 Å². The molecular formula is C20H25FN4OS. The Morgan fingerprint density at radius 1 is 1.07 bits per heavy atom. The first-order valence-corrected chi connectivity index (χ1v) is 10.6. The van der Waals surface area contributed by atoms with Gasteiger partial charge in [0.15, 0.2) is 0 Å². The van der Waals surface area contributed by atoms with E-state index in [-0.39, 0.29) is 11.7 Å². The highest BCUT2D eigenvalue weighted by Crippen LogP contribution is 2.27. The molecule has 0 atom stereocenters. The van der Waals surface area contributed by atoms with Crippen molar-refractivity contribution < 1.29 is 9.18 Å². The van der Waals surface area contributed by atoms with Crippen LogP contribution in [0.5, 0.6) is 0 Å². The van der Waals surface area contributed by atoms with Crippen LogP contribution in [-0.4, -0.2) is 46.3 Å². The van der Waals surface area contributed by atoms with E-state index in [0.29, 0.717) is 12.3 Å². The Labute approximate surface area is 163 Å². The fraction of sp³-hybridized carbons (Fsp3) is 0.550. The third kappa shape index (κ3) is 4.46. The van der Waals surface area contributed by atoms with E-state index in [0.717, 1.165) is 62.0 Å². The Hall–Kier alpha value is -2.02. The van der Waals surface area contributed by atoms with Crippen molar-refractivity contribution in [3.05, 3.63) is 41.5 Å². The molecule has 0 N–H and O–H groups in total. The highest BCUT2D eigenvalue weighted by atomic mass is 32.1. The van der Waals surface area contributed by atoms with Gasteiger partial charge in [0.2, 0.25) is 11.0 Å². The minimum atomic E-state index is -0.230. The molecule has 1 amide bonds. The Balaban J connectivity index is 1.36. The smallest absolute Gasteiger partial charge is 0.225 e. The van der Waals surface area contributed by atoms with E-state index in [1.807, 2.05) is 0 Å². The summed E-state index contributed by atoms with van der Waals surface area (Å²) in [6, 6.07) is 6.48. The lowest BCUT2D eigenvalue weighted by Gasteiger charge is -2.24. The molecule has 2 heterocycles. The lowest BCUT2D eigenvalue weighted by molar-refractivity contribution is -0.135. The zero-order valence-electron chi connectivity index (χ0n) is 15.4. The van der Waals surface area contributed by atoms with E-state index < -0.39 is 0 Å². The van der Waals surface area contributed by atoms with Crippen molar-refractivity contribution in [3.63, 3.8) is 0 Å².